The zero-order valence-corrected chi connectivity index (χ0v) is 23.6. The molecule has 1 unspecified atom stereocenters. The first-order valence-corrected chi connectivity index (χ1v) is 15.8. The Morgan fingerprint density at radius 2 is 1.73 bits per heavy atom. The molecule has 2 aromatic rings. The average molecular weight is 572 g/mol. The van der Waals surface area contributed by atoms with Crippen molar-refractivity contribution in [2.24, 2.45) is 11.3 Å². The van der Waals surface area contributed by atoms with E-state index in [4.69, 9.17) is 4.74 Å². The number of carbonyl (C=O) groups excluding carboxylic acids is 2. The van der Waals surface area contributed by atoms with Crippen LogP contribution in [0.3, 0.4) is 0 Å². The van der Waals surface area contributed by atoms with Gasteiger partial charge < -0.3 is 15.0 Å². The summed E-state index contributed by atoms with van der Waals surface area (Å²) >= 11 is 0. The maximum Gasteiger partial charge on any atom is 0.243 e. The van der Waals surface area contributed by atoms with Gasteiger partial charge >= 0.3 is 0 Å². The molecule has 3 heterocycles. The standard InChI is InChI=1S/C30H38FN3O5S/c31-25-9-11-26(12-10-25)40(37,38)34-18-13-24(22-34)28(35)33-19-15-30(16-20-33)14-4-3-7-23-6-1-2-8-27(23)39-21-5-17-32-29(30)36/h1-2,6,8-12,24H,3-5,7,13-22H2,(H,32,36). The molecule has 2 fully saturated rings. The molecule has 8 nitrogen and oxygen atoms in total. The summed E-state index contributed by atoms with van der Waals surface area (Å²) in [7, 11) is -3.79. The Hall–Kier alpha value is -2.98. The first-order chi connectivity index (χ1) is 19.3. The van der Waals surface area contributed by atoms with Crippen LogP contribution in [0.4, 0.5) is 4.39 Å². The predicted molar refractivity (Wildman–Crippen MR) is 149 cm³/mol. The molecular weight excluding hydrogens is 533 g/mol. The number of halogens is 1. The van der Waals surface area contributed by atoms with Gasteiger partial charge in [0.15, 0.2) is 0 Å². The molecule has 3 aliphatic rings. The van der Waals surface area contributed by atoms with Gasteiger partial charge in [-0.3, -0.25) is 9.59 Å². The number of para-hydroxylation sites is 1. The monoisotopic (exact) mass is 571 g/mol. The molecule has 2 saturated heterocycles. The minimum Gasteiger partial charge on any atom is -0.493 e. The molecule has 0 bridgehead atoms. The fraction of sp³-hybridized carbons (Fsp3) is 0.533. The maximum atomic E-state index is 13.4. The number of benzene rings is 2. The fourth-order valence-electron chi connectivity index (χ4n) is 6.18. The van der Waals surface area contributed by atoms with Crippen molar-refractivity contribution in [3.63, 3.8) is 0 Å². The minimum atomic E-state index is -3.79. The molecule has 1 N–H and O–H groups in total. The molecule has 40 heavy (non-hydrogen) atoms. The van der Waals surface area contributed by atoms with E-state index in [0.29, 0.717) is 45.5 Å². The van der Waals surface area contributed by atoms with Crippen molar-refractivity contribution in [2.75, 3.05) is 39.3 Å². The third-order valence-electron chi connectivity index (χ3n) is 8.65. The number of sulfonamides is 1. The van der Waals surface area contributed by atoms with Gasteiger partial charge in [-0.1, -0.05) is 24.6 Å². The first kappa shape index (κ1) is 28.5. The van der Waals surface area contributed by atoms with Gasteiger partial charge in [0.25, 0.3) is 0 Å². The van der Waals surface area contributed by atoms with Crippen molar-refractivity contribution in [2.45, 2.75) is 56.3 Å². The molecule has 0 aliphatic carbocycles. The van der Waals surface area contributed by atoms with Crippen LogP contribution in [0.2, 0.25) is 0 Å². The van der Waals surface area contributed by atoms with Gasteiger partial charge in [0.05, 0.1) is 22.8 Å². The van der Waals surface area contributed by atoms with Gasteiger partial charge in [-0.25, -0.2) is 12.8 Å². The van der Waals surface area contributed by atoms with Crippen LogP contribution in [0.1, 0.15) is 50.5 Å². The highest BCUT2D eigenvalue weighted by atomic mass is 32.2. The lowest BCUT2D eigenvalue weighted by atomic mass is 9.73. The number of amides is 2. The number of rotatable bonds is 3. The van der Waals surface area contributed by atoms with Crippen molar-refractivity contribution >= 4 is 21.8 Å². The fourth-order valence-corrected chi connectivity index (χ4v) is 7.68. The van der Waals surface area contributed by atoms with E-state index in [9.17, 15) is 22.4 Å². The van der Waals surface area contributed by atoms with Gasteiger partial charge in [0.1, 0.15) is 11.6 Å². The molecule has 10 heteroatoms. The van der Waals surface area contributed by atoms with E-state index >= 15 is 0 Å². The Kier molecular flexibility index (Phi) is 8.75. The second-order valence-corrected chi connectivity index (χ2v) is 13.1. The van der Waals surface area contributed by atoms with Crippen molar-refractivity contribution in [1.82, 2.24) is 14.5 Å². The zero-order valence-electron chi connectivity index (χ0n) is 22.8. The Morgan fingerprint density at radius 1 is 0.975 bits per heavy atom. The summed E-state index contributed by atoms with van der Waals surface area (Å²) in [5.74, 6) is 0.0179. The Morgan fingerprint density at radius 3 is 2.50 bits per heavy atom. The van der Waals surface area contributed by atoms with E-state index in [0.717, 1.165) is 50.0 Å². The molecule has 1 atom stereocenters. The summed E-state index contributed by atoms with van der Waals surface area (Å²) in [6.07, 6.45) is 5.91. The first-order valence-electron chi connectivity index (χ1n) is 14.3. The number of nitrogens with one attached hydrogen (secondary N) is 1. The van der Waals surface area contributed by atoms with Gasteiger partial charge in [0.2, 0.25) is 21.8 Å². The third kappa shape index (κ3) is 6.17. The van der Waals surface area contributed by atoms with E-state index in [1.165, 1.54) is 22.0 Å². The number of hydrogen-bond donors (Lipinski definition) is 1. The van der Waals surface area contributed by atoms with Gasteiger partial charge in [-0.15, -0.1) is 0 Å². The summed E-state index contributed by atoms with van der Waals surface area (Å²) in [6, 6.07) is 12.9. The zero-order chi connectivity index (χ0) is 28.2. The number of fused-ring (bicyclic) bond motifs is 1. The van der Waals surface area contributed by atoms with Crippen molar-refractivity contribution in [3.05, 3.63) is 59.9 Å². The number of hydrogen-bond acceptors (Lipinski definition) is 5. The minimum absolute atomic E-state index is 0.0289. The van der Waals surface area contributed by atoms with E-state index in [2.05, 4.69) is 11.4 Å². The van der Waals surface area contributed by atoms with Crippen LogP contribution in [-0.2, 0) is 26.0 Å². The van der Waals surface area contributed by atoms with Crippen LogP contribution in [0, 0.1) is 17.2 Å². The lowest BCUT2D eigenvalue weighted by Gasteiger charge is -2.41. The molecular formula is C30H38FN3O5S. The highest BCUT2D eigenvalue weighted by molar-refractivity contribution is 7.89. The number of piperidine rings is 1. The molecule has 3 aliphatic heterocycles. The lowest BCUT2D eigenvalue weighted by Crippen LogP contribution is -2.51. The van der Waals surface area contributed by atoms with E-state index in [-0.39, 0.29) is 29.8 Å². The quantitative estimate of drug-likeness (QED) is 0.606. The summed E-state index contributed by atoms with van der Waals surface area (Å²) in [5, 5.41) is 3.13. The number of nitrogens with zero attached hydrogens (tertiary/aromatic N) is 2. The maximum absolute atomic E-state index is 13.4. The van der Waals surface area contributed by atoms with Crippen molar-refractivity contribution in [3.8, 4) is 5.75 Å². The van der Waals surface area contributed by atoms with Crippen LogP contribution in [0.25, 0.3) is 0 Å². The normalized spacial score (nSPS) is 22.8. The van der Waals surface area contributed by atoms with Gasteiger partial charge in [-0.2, -0.15) is 4.31 Å². The topological polar surface area (TPSA) is 96.0 Å². The second kappa shape index (κ2) is 12.3. The SMILES string of the molecule is O=C(C1CCN(S(=O)(=O)c2ccc(F)cc2)C1)N1CCC2(CCCCc3ccccc3OCCCNC2=O)CC1. The van der Waals surface area contributed by atoms with Crippen LogP contribution in [0.5, 0.6) is 5.75 Å². The summed E-state index contributed by atoms with van der Waals surface area (Å²) < 4.78 is 46.6. The average Bonchev–Trinajstić information content (AvgIpc) is 3.47. The molecule has 2 amide bonds. The number of ether oxygens (including phenoxy) is 1. The van der Waals surface area contributed by atoms with Crippen LogP contribution in [-0.4, -0.2) is 68.8 Å². The summed E-state index contributed by atoms with van der Waals surface area (Å²) in [4.78, 5) is 28.6. The van der Waals surface area contributed by atoms with Gasteiger partial charge in [0, 0.05) is 32.7 Å². The van der Waals surface area contributed by atoms with Crippen molar-refractivity contribution < 1.29 is 27.1 Å². The highest BCUT2D eigenvalue weighted by Crippen LogP contribution is 2.38. The Bertz CT molecular complexity index is 1310. The predicted octanol–water partition coefficient (Wildman–Crippen LogP) is 3.76. The molecule has 0 radical (unpaired) electrons. The molecule has 216 valence electrons. The lowest BCUT2D eigenvalue weighted by molar-refractivity contribution is -0.143. The largest absolute Gasteiger partial charge is 0.493 e. The second-order valence-electron chi connectivity index (χ2n) is 11.2. The van der Waals surface area contributed by atoms with E-state index in [1.54, 1.807) is 0 Å². The highest BCUT2D eigenvalue weighted by Gasteiger charge is 2.44. The van der Waals surface area contributed by atoms with E-state index in [1.807, 2.05) is 23.1 Å². The molecule has 2 aromatic carbocycles. The van der Waals surface area contributed by atoms with Gasteiger partial charge in [-0.05, 0) is 80.8 Å². The summed E-state index contributed by atoms with van der Waals surface area (Å²) in [6.45, 7) is 2.43. The van der Waals surface area contributed by atoms with Crippen LogP contribution >= 0.6 is 0 Å². The Labute approximate surface area is 235 Å². The van der Waals surface area contributed by atoms with E-state index < -0.39 is 27.2 Å². The number of likely N-dealkylation sites (tertiary alicyclic amines) is 1. The molecule has 0 aromatic heterocycles. The van der Waals surface area contributed by atoms with Crippen molar-refractivity contribution in [1.29, 1.82) is 0 Å². The Balaban J connectivity index is 1.19. The third-order valence-corrected chi connectivity index (χ3v) is 10.5. The number of carbonyl (C=O) groups is 2. The van der Waals surface area contributed by atoms with Crippen LogP contribution < -0.4 is 10.1 Å². The molecule has 1 spiro atoms. The number of aryl methyl sites for hydroxylation is 1. The molecule has 0 saturated carbocycles. The smallest absolute Gasteiger partial charge is 0.243 e. The van der Waals surface area contributed by atoms with Crippen LogP contribution in [0.15, 0.2) is 53.4 Å². The molecule has 5 rings (SSSR count). The summed E-state index contributed by atoms with van der Waals surface area (Å²) in [5.41, 5.74) is 0.696.